The number of hydrogen-bond donors (Lipinski definition) is 1. The molecule has 0 radical (unpaired) electrons. The molecule has 90 valence electrons. The van der Waals surface area contributed by atoms with Gasteiger partial charge in [-0.2, -0.15) is 0 Å². The highest BCUT2D eigenvalue weighted by atomic mass is 32.2. The normalized spacial score (nSPS) is 15.7. The molecular weight excluding hydrogens is 210 g/mol. The minimum atomic E-state index is -0.823. The summed E-state index contributed by atoms with van der Waals surface area (Å²) in [6.07, 6.45) is 2.34. The number of nitrogens with one attached hydrogen (secondary N) is 1. The summed E-state index contributed by atoms with van der Waals surface area (Å²) in [4.78, 5) is 11.8. The first-order valence-corrected chi connectivity index (χ1v) is 7.17. The molecule has 0 fully saturated rings. The van der Waals surface area contributed by atoms with Gasteiger partial charge in [-0.15, -0.1) is 0 Å². The third kappa shape index (κ3) is 6.93. The maximum absolute atomic E-state index is 11.8. The van der Waals surface area contributed by atoms with Crippen molar-refractivity contribution < 1.29 is 9.35 Å². The summed E-state index contributed by atoms with van der Waals surface area (Å²) >= 11 is -0.823. The van der Waals surface area contributed by atoms with E-state index in [1.54, 1.807) is 6.26 Å². The molecule has 0 amide bonds. The Morgan fingerprint density at radius 1 is 1.33 bits per heavy atom. The van der Waals surface area contributed by atoms with Crippen LogP contribution in [0.3, 0.4) is 0 Å². The molecule has 1 unspecified atom stereocenters. The van der Waals surface area contributed by atoms with Crippen molar-refractivity contribution in [1.82, 2.24) is 5.32 Å². The largest absolute Gasteiger partial charge is 0.617 e. The van der Waals surface area contributed by atoms with Gasteiger partial charge in [0.25, 0.3) is 0 Å². The van der Waals surface area contributed by atoms with E-state index >= 15 is 0 Å². The summed E-state index contributed by atoms with van der Waals surface area (Å²) in [7, 11) is 0. The van der Waals surface area contributed by atoms with E-state index in [2.05, 4.69) is 5.32 Å². The molecule has 3 nitrogen and oxygen atoms in total. The molecule has 0 heterocycles. The fourth-order valence-corrected chi connectivity index (χ4v) is 1.96. The molecule has 0 aliphatic rings. The molecule has 0 aliphatic carbocycles. The Labute approximate surface area is 96.2 Å². The molecule has 0 rings (SSSR count). The maximum atomic E-state index is 11.8. The Morgan fingerprint density at radius 3 is 2.20 bits per heavy atom. The van der Waals surface area contributed by atoms with Crippen LogP contribution in [-0.2, 0) is 16.0 Å². The van der Waals surface area contributed by atoms with E-state index in [9.17, 15) is 9.35 Å². The number of hydrogen-bond acceptors (Lipinski definition) is 3. The summed E-state index contributed by atoms with van der Waals surface area (Å²) in [5.41, 5.74) is 0. The third-order valence-corrected chi connectivity index (χ3v) is 2.95. The molecule has 0 saturated heterocycles. The molecule has 0 aliphatic heterocycles. The maximum Gasteiger partial charge on any atom is 0.152 e. The van der Waals surface area contributed by atoms with Crippen molar-refractivity contribution in [2.75, 3.05) is 12.0 Å². The predicted molar refractivity (Wildman–Crippen MR) is 65.5 cm³/mol. The van der Waals surface area contributed by atoms with Crippen LogP contribution in [0.25, 0.3) is 0 Å². The minimum absolute atomic E-state index is 0.0338. The number of rotatable bonds is 7. The summed E-state index contributed by atoms with van der Waals surface area (Å²) < 4.78 is 11.0. The zero-order valence-electron chi connectivity index (χ0n) is 10.4. The average Bonchev–Trinajstić information content (AvgIpc) is 2.10. The standard InChI is InChI=1S/C11H23NO2S/c1-8(2)11(13)10(12-9(3)4)6-7-15(5)14/h8-10,12H,6-7H2,1-5H3/t10-,15?/m0/s1. The van der Waals surface area contributed by atoms with Gasteiger partial charge >= 0.3 is 0 Å². The summed E-state index contributed by atoms with van der Waals surface area (Å²) in [6, 6.07) is 0.136. The van der Waals surface area contributed by atoms with Crippen LogP contribution < -0.4 is 5.32 Å². The lowest BCUT2D eigenvalue weighted by atomic mass is 9.99. The summed E-state index contributed by atoms with van der Waals surface area (Å²) in [6.45, 7) is 7.84. The predicted octanol–water partition coefficient (Wildman–Crippen LogP) is 1.35. The summed E-state index contributed by atoms with van der Waals surface area (Å²) in [5.74, 6) is 0.837. The van der Waals surface area contributed by atoms with Gasteiger partial charge < -0.3 is 9.87 Å². The quantitative estimate of drug-likeness (QED) is 0.675. The van der Waals surface area contributed by atoms with Gasteiger partial charge in [-0.1, -0.05) is 38.9 Å². The highest BCUT2D eigenvalue weighted by Crippen LogP contribution is 2.06. The molecule has 4 heteroatoms. The van der Waals surface area contributed by atoms with Gasteiger partial charge in [0, 0.05) is 18.4 Å². The fourth-order valence-electron chi connectivity index (χ4n) is 1.40. The second kappa shape index (κ2) is 7.25. The Hall–Kier alpha value is -0.0600. The third-order valence-electron chi connectivity index (χ3n) is 2.14. The Morgan fingerprint density at radius 2 is 1.87 bits per heavy atom. The Balaban J connectivity index is 4.24. The van der Waals surface area contributed by atoms with Crippen LogP contribution in [0.15, 0.2) is 0 Å². The van der Waals surface area contributed by atoms with Crippen molar-refractivity contribution in [3.63, 3.8) is 0 Å². The van der Waals surface area contributed by atoms with Crippen molar-refractivity contribution in [2.45, 2.75) is 46.2 Å². The van der Waals surface area contributed by atoms with Crippen LogP contribution in [0.2, 0.25) is 0 Å². The van der Waals surface area contributed by atoms with E-state index in [0.717, 1.165) is 0 Å². The topological polar surface area (TPSA) is 52.2 Å². The molecule has 1 N–H and O–H groups in total. The van der Waals surface area contributed by atoms with Crippen LogP contribution in [0.5, 0.6) is 0 Å². The molecule has 0 spiro atoms. The molecule has 0 bridgehead atoms. The SMILES string of the molecule is CC(C)N[C@@H](CC[S+](C)[O-])C(=O)C(C)C. The van der Waals surface area contributed by atoms with Crippen molar-refractivity contribution in [3.8, 4) is 0 Å². The lowest BCUT2D eigenvalue weighted by molar-refractivity contribution is -0.124. The van der Waals surface area contributed by atoms with E-state index in [0.29, 0.717) is 12.2 Å². The molecule has 0 aromatic heterocycles. The smallest absolute Gasteiger partial charge is 0.152 e. The molecule has 15 heavy (non-hydrogen) atoms. The highest BCUT2D eigenvalue weighted by molar-refractivity contribution is 7.90. The first-order valence-electron chi connectivity index (χ1n) is 5.44. The van der Waals surface area contributed by atoms with Crippen molar-refractivity contribution in [2.24, 2.45) is 5.92 Å². The zero-order chi connectivity index (χ0) is 12.0. The van der Waals surface area contributed by atoms with Crippen molar-refractivity contribution >= 4 is 17.0 Å². The van der Waals surface area contributed by atoms with Gasteiger partial charge in [0.2, 0.25) is 0 Å². The number of Topliss-reactive ketones (excluding diaryl/α,β-unsaturated/α-hetero) is 1. The first kappa shape index (κ1) is 14.9. The monoisotopic (exact) mass is 233 g/mol. The first-order chi connectivity index (χ1) is 6.84. The van der Waals surface area contributed by atoms with Crippen LogP contribution >= 0.6 is 0 Å². The van der Waals surface area contributed by atoms with Gasteiger partial charge in [-0.3, -0.25) is 4.79 Å². The van der Waals surface area contributed by atoms with Gasteiger partial charge in [0.15, 0.2) is 5.78 Å². The zero-order valence-corrected chi connectivity index (χ0v) is 11.2. The minimum Gasteiger partial charge on any atom is -0.617 e. The Bertz CT molecular complexity index is 193. The van der Waals surface area contributed by atoms with Gasteiger partial charge in [0.05, 0.1) is 12.3 Å². The highest BCUT2D eigenvalue weighted by Gasteiger charge is 2.22. The van der Waals surface area contributed by atoms with E-state index in [1.165, 1.54) is 0 Å². The van der Waals surface area contributed by atoms with Crippen molar-refractivity contribution in [3.05, 3.63) is 0 Å². The van der Waals surface area contributed by atoms with Crippen LogP contribution in [0.1, 0.15) is 34.1 Å². The molecule has 0 aromatic rings. The second-order valence-electron chi connectivity index (χ2n) is 4.50. The molecule has 0 saturated carbocycles. The van der Waals surface area contributed by atoms with Crippen molar-refractivity contribution in [1.29, 1.82) is 0 Å². The van der Waals surface area contributed by atoms with Crippen LogP contribution in [0, 0.1) is 5.92 Å². The molecule has 0 aromatic carbocycles. The van der Waals surface area contributed by atoms with E-state index < -0.39 is 11.2 Å². The molecular formula is C11H23NO2S. The lowest BCUT2D eigenvalue weighted by Gasteiger charge is -2.21. The van der Waals surface area contributed by atoms with Gasteiger partial charge in [-0.05, 0) is 0 Å². The van der Waals surface area contributed by atoms with Crippen LogP contribution in [-0.4, -0.2) is 34.4 Å². The number of carbonyl (C=O) groups is 1. The van der Waals surface area contributed by atoms with E-state index in [1.807, 2.05) is 27.7 Å². The second-order valence-corrected chi connectivity index (χ2v) is 6.05. The fraction of sp³-hybridized carbons (Fsp3) is 0.909. The number of ketones is 1. The lowest BCUT2D eigenvalue weighted by Crippen LogP contribution is -2.43. The van der Waals surface area contributed by atoms with Gasteiger partial charge in [0.1, 0.15) is 5.75 Å². The Kier molecular flexibility index (Phi) is 7.22. The van der Waals surface area contributed by atoms with E-state index in [4.69, 9.17) is 0 Å². The van der Waals surface area contributed by atoms with Gasteiger partial charge in [-0.25, -0.2) is 0 Å². The molecule has 2 atom stereocenters. The number of carbonyl (C=O) groups excluding carboxylic acids is 1. The van der Waals surface area contributed by atoms with Crippen LogP contribution in [0.4, 0.5) is 0 Å². The summed E-state index contributed by atoms with van der Waals surface area (Å²) in [5, 5.41) is 3.23. The van der Waals surface area contributed by atoms with E-state index in [-0.39, 0.29) is 23.8 Å². The average molecular weight is 233 g/mol.